The summed E-state index contributed by atoms with van der Waals surface area (Å²) in [7, 11) is 0. The Hall–Kier alpha value is -1.87. The van der Waals surface area contributed by atoms with Crippen molar-refractivity contribution < 1.29 is 9.90 Å². The number of halogens is 2. The smallest absolute Gasteiger partial charge is 0.290 e. The van der Waals surface area contributed by atoms with Crippen LogP contribution >= 0.6 is 34.5 Å². The van der Waals surface area contributed by atoms with Gasteiger partial charge in [0, 0.05) is 18.7 Å². The third kappa shape index (κ3) is 4.25. The van der Waals surface area contributed by atoms with Crippen molar-refractivity contribution in [3.05, 3.63) is 34.4 Å². The zero-order valence-electron chi connectivity index (χ0n) is 15.3. The molecule has 3 heterocycles. The minimum atomic E-state index is -0.250. The van der Waals surface area contributed by atoms with E-state index in [2.05, 4.69) is 16.8 Å². The van der Waals surface area contributed by atoms with Gasteiger partial charge in [-0.05, 0) is 30.9 Å². The number of rotatable bonds is 3. The van der Waals surface area contributed by atoms with Gasteiger partial charge in [0.1, 0.15) is 0 Å². The van der Waals surface area contributed by atoms with E-state index in [9.17, 15) is 0 Å². The standard InChI is InChI=1S/C17H19Cl2N5S.CH2O2/c1-17(10-20)5-7-23(8-6-17)16-22-24-9-13(21-15(24)25-16)11-3-2-4-12(18)14(11)19;2-1-3/h2-4,9H,5-8,10,20H2,1H3;1H,(H,2,3). The van der Waals surface area contributed by atoms with Crippen molar-refractivity contribution in [2.45, 2.75) is 19.8 Å². The molecule has 1 fully saturated rings. The van der Waals surface area contributed by atoms with E-state index in [0.717, 1.165) is 53.8 Å². The molecule has 0 saturated carbocycles. The van der Waals surface area contributed by atoms with Crippen LogP contribution in [0.25, 0.3) is 16.2 Å². The summed E-state index contributed by atoms with van der Waals surface area (Å²) >= 11 is 14.0. The molecule has 1 saturated heterocycles. The molecular weight excluding hydrogens is 421 g/mol. The molecule has 1 aliphatic heterocycles. The highest BCUT2D eigenvalue weighted by molar-refractivity contribution is 7.20. The van der Waals surface area contributed by atoms with Crippen molar-refractivity contribution in [1.29, 1.82) is 0 Å². The summed E-state index contributed by atoms with van der Waals surface area (Å²) in [4.78, 5) is 16.2. The molecule has 0 atom stereocenters. The summed E-state index contributed by atoms with van der Waals surface area (Å²) in [6, 6.07) is 5.56. The fourth-order valence-corrected chi connectivity index (χ4v) is 4.42. The van der Waals surface area contributed by atoms with Crippen molar-refractivity contribution in [2.24, 2.45) is 11.1 Å². The zero-order chi connectivity index (χ0) is 20.3. The lowest BCUT2D eigenvalue weighted by molar-refractivity contribution is -0.122. The van der Waals surface area contributed by atoms with Crippen LogP contribution in [0.4, 0.5) is 5.13 Å². The third-order valence-electron chi connectivity index (χ3n) is 4.99. The number of piperidine rings is 1. The van der Waals surface area contributed by atoms with Gasteiger partial charge in [-0.25, -0.2) is 9.50 Å². The molecule has 3 N–H and O–H groups in total. The van der Waals surface area contributed by atoms with Gasteiger partial charge in [0.2, 0.25) is 10.1 Å². The highest BCUT2D eigenvalue weighted by atomic mass is 35.5. The predicted molar refractivity (Wildman–Crippen MR) is 114 cm³/mol. The second-order valence-corrected chi connectivity index (χ2v) is 8.67. The third-order valence-corrected chi connectivity index (χ3v) is 6.80. The molecule has 7 nitrogen and oxygen atoms in total. The number of carbonyl (C=O) groups is 1. The quantitative estimate of drug-likeness (QED) is 0.595. The molecule has 150 valence electrons. The average Bonchev–Trinajstić information content (AvgIpc) is 3.24. The number of nitrogens with zero attached hydrogens (tertiary/aromatic N) is 4. The highest BCUT2D eigenvalue weighted by Crippen LogP contribution is 2.36. The number of nitrogens with two attached hydrogens (primary N) is 1. The first-order chi connectivity index (χ1) is 13.4. The Balaban J connectivity index is 0.000000706. The van der Waals surface area contributed by atoms with Crippen molar-refractivity contribution in [3.8, 4) is 11.3 Å². The predicted octanol–water partition coefficient (Wildman–Crippen LogP) is 4.03. The van der Waals surface area contributed by atoms with E-state index in [1.807, 2.05) is 22.8 Å². The lowest BCUT2D eigenvalue weighted by Crippen LogP contribution is -2.42. The Bertz CT molecular complexity index is 935. The number of carboxylic acid groups (broad SMARTS) is 1. The molecule has 0 spiro atoms. The van der Waals surface area contributed by atoms with Crippen LogP contribution in [0, 0.1) is 5.41 Å². The summed E-state index contributed by atoms with van der Waals surface area (Å²) in [6.45, 7) is 4.72. The molecule has 1 aliphatic rings. The topological polar surface area (TPSA) is 96.8 Å². The largest absolute Gasteiger partial charge is 0.483 e. The van der Waals surface area contributed by atoms with Gasteiger partial charge in [-0.1, -0.05) is 53.6 Å². The molecule has 0 amide bonds. The van der Waals surface area contributed by atoms with Gasteiger partial charge in [0.05, 0.1) is 21.9 Å². The van der Waals surface area contributed by atoms with E-state index < -0.39 is 0 Å². The minimum Gasteiger partial charge on any atom is -0.483 e. The first-order valence-electron chi connectivity index (χ1n) is 8.74. The Morgan fingerprint density at radius 1 is 1.36 bits per heavy atom. The molecule has 0 unspecified atom stereocenters. The number of hydrogen-bond acceptors (Lipinski definition) is 6. The van der Waals surface area contributed by atoms with Gasteiger partial charge < -0.3 is 15.7 Å². The second kappa shape index (κ2) is 8.65. The fraction of sp³-hybridized carbons (Fsp3) is 0.389. The molecule has 3 aromatic rings. The molecule has 2 aromatic heterocycles. The maximum absolute atomic E-state index is 8.36. The van der Waals surface area contributed by atoms with Crippen molar-refractivity contribution in [1.82, 2.24) is 14.6 Å². The second-order valence-electron chi connectivity index (χ2n) is 6.95. The summed E-state index contributed by atoms with van der Waals surface area (Å²) in [5, 5.41) is 13.6. The monoisotopic (exact) mass is 441 g/mol. The van der Waals surface area contributed by atoms with Crippen LogP contribution in [0.5, 0.6) is 0 Å². The number of benzene rings is 1. The molecule has 0 bridgehead atoms. The maximum atomic E-state index is 8.36. The summed E-state index contributed by atoms with van der Waals surface area (Å²) in [5.74, 6) is 0. The van der Waals surface area contributed by atoms with Crippen LogP contribution < -0.4 is 10.6 Å². The van der Waals surface area contributed by atoms with Gasteiger partial charge in [0.15, 0.2) is 0 Å². The number of anilines is 1. The Morgan fingerprint density at radius 3 is 2.64 bits per heavy atom. The fourth-order valence-electron chi connectivity index (χ4n) is 3.09. The van der Waals surface area contributed by atoms with E-state index in [4.69, 9.17) is 43.9 Å². The van der Waals surface area contributed by atoms with E-state index in [0.29, 0.717) is 10.0 Å². The van der Waals surface area contributed by atoms with Crippen LogP contribution in [0.3, 0.4) is 0 Å². The van der Waals surface area contributed by atoms with Crippen LogP contribution in [0.15, 0.2) is 24.4 Å². The minimum absolute atomic E-state index is 0.250. The first-order valence-corrected chi connectivity index (χ1v) is 10.3. The van der Waals surface area contributed by atoms with Gasteiger partial charge in [-0.3, -0.25) is 4.79 Å². The Kier molecular flexibility index (Phi) is 6.44. The van der Waals surface area contributed by atoms with Crippen LogP contribution in [0.1, 0.15) is 19.8 Å². The first kappa shape index (κ1) is 20.9. The molecule has 10 heteroatoms. The normalized spacial score (nSPS) is 15.9. The van der Waals surface area contributed by atoms with Gasteiger partial charge in [0.25, 0.3) is 6.47 Å². The SMILES string of the molecule is CC1(CN)CCN(c2nn3cc(-c4cccc(Cl)c4Cl)nc3s2)CC1.O=CO. The summed E-state index contributed by atoms with van der Waals surface area (Å²) in [5.41, 5.74) is 7.76. The summed E-state index contributed by atoms with van der Waals surface area (Å²) < 4.78 is 1.82. The van der Waals surface area contributed by atoms with Gasteiger partial charge >= 0.3 is 0 Å². The molecule has 1 aromatic carbocycles. The Morgan fingerprint density at radius 2 is 2.04 bits per heavy atom. The van der Waals surface area contributed by atoms with Crippen LogP contribution in [0.2, 0.25) is 10.0 Å². The molecular formula is C18H21Cl2N5O2S. The maximum Gasteiger partial charge on any atom is 0.290 e. The van der Waals surface area contributed by atoms with Gasteiger partial charge in [-0.2, -0.15) is 0 Å². The highest BCUT2D eigenvalue weighted by Gasteiger charge is 2.30. The van der Waals surface area contributed by atoms with Crippen LogP contribution in [-0.2, 0) is 4.79 Å². The van der Waals surface area contributed by atoms with Crippen molar-refractivity contribution in [3.63, 3.8) is 0 Å². The molecule has 0 radical (unpaired) electrons. The summed E-state index contributed by atoms with van der Waals surface area (Å²) in [6.07, 6.45) is 4.09. The van der Waals surface area contributed by atoms with Crippen molar-refractivity contribution in [2.75, 3.05) is 24.5 Å². The molecule has 0 aliphatic carbocycles. The number of fused-ring (bicyclic) bond motifs is 1. The zero-order valence-corrected chi connectivity index (χ0v) is 17.6. The number of hydrogen-bond donors (Lipinski definition) is 2. The molecule has 4 rings (SSSR count). The lowest BCUT2D eigenvalue weighted by atomic mass is 9.81. The molecule has 28 heavy (non-hydrogen) atoms. The van der Waals surface area contributed by atoms with Gasteiger partial charge in [-0.15, -0.1) is 5.10 Å². The van der Waals surface area contributed by atoms with E-state index in [1.54, 1.807) is 17.4 Å². The average molecular weight is 442 g/mol. The van der Waals surface area contributed by atoms with E-state index >= 15 is 0 Å². The van der Waals surface area contributed by atoms with E-state index in [1.165, 1.54) is 0 Å². The number of aromatic nitrogens is 3. The Labute approximate surface area is 176 Å². The number of imidazole rings is 1. The van der Waals surface area contributed by atoms with E-state index in [-0.39, 0.29) is 11.9 Å². The van der Waals surface area contributed by atoms with Crippen molar-refractivity contribution >= 4 is 51.1 Å². The van der Waals surface area contributed by atoms with Crippen LogP contribution in [-0.4, -0.2) is 45.8 Å². The lowest BCUT2D eigenvalue weighted by Gasteiger charge is -2.38.